The minimum absolute atomic E-state index is 0.109. The van der Waals surface area contributed by atoms with E-state index < -0.39 is 20.9 Å². The van der Waals surface area contributed by atoms with E-state index in [4.69, 9.17) is 4.74 Å². The molecule has 2 unspecified atom stereocenters. The standard InChI is InChI=1S/C14H20FNO3S/c1-2-8-16-12-7-9-19-10-14(12)20(17,18)13-6-4-3-5-11(13)15/h3-6,12,14,16H,2,7-10H2,1H3. The molecule has 0 aromatic heterocycles. The number of nitrogens with one attached hydrogen (secondary N) is 1. The molecule has 2 rings (SSSR count). The first-order valence-corrected chi connectivity index (χ1v) is 8.41. The van der Waals surface area contributed by atoms with Gasteiger partial charge >= 0.3 is 0 Å². The van der Waals surface area contributed by atoms with Gasteiger partial charge in [-0.15, -0.1) is 0 Å². The van der Waals surface area contributed by atoms with Crippen LogP contribution >= 0.6 is 0 Å². The zero-order valence-corrected chi connectivity index (χ0v) is 12.3. The summed E-state index contributed by atoms with van der Waals surface area (Å²) in [5.74, 6) is -0.702. The molecule has 0 saturated carbocycles. The van der Waals surface area contributed by atoms with E-state index >= 15 is 0 Å². The third-order valence-electron chi connectivity index (χ3n) is 3.50. The van der Waals surface area contributed by atoms with E-state index in [1.165, 1.54) is 24.3 Å². The molecule has 1 aromatic rings. The Morgan fingerprint density at radius 3 is 2.85 bits per heavy atom. The van der Waals surface area contributed by atoms with Crippen molar-refractivity contribution in [3.8, 4) is 0 Å². The quantitative estimate of drug-likeness (QED) is 0.900. The molecule has 0 bridgehead atoms. The zero-order chi connectivity index (χ0) is 14.6. The molecule has 1 saturated heterocycles. The van der Waals surface area contributed by atoms with Crippen molar-refractivity contribution in [2.24, 2.45) is 0 Å². The smallest absolute Gasteiger partial charge is 0.187 e. The lowest BCUT2D eigenvalue weighted by atomic mass is 10.1. The van der Waals surface area contributed by atoms with Gasteiger partial charge in [-0.25, -0.2) is 12.8 Å². The van der Waals surface area contributed by atoms with Crippen molar-refractivity contribution < 1.29 is 17.5 Å². The van der Waals surface area contributed by atoms with Crippen molar-refractivity contribution in [2.45, 2.75) is 36.0 Å². The summed E-state index contributed by atoms with van der Waals surface area (Å²) in [6.45, 7) is 3.41. The minimum atomic E-state index is -3.73. The lowest BCUT2D eigenvalue weighted by molar-refractivity contribution is 0.0807. The maximum absolute atomic E-state index is 13.8. The Balaban J connectivity index is 2.28. The van der Waals surface area contributed by atoms with Crippen molar-refractivity contribution in [3.05, 3.63) is 30.1 Å². The predicted molar refractivity (Wildman–Crippen MR) is 74.9 cm³/mol. The van der Waals surface area contributed by atoms with Gasteiger partial charge in [-0.3, -0.25) is 0 Å². The van der Waals surface area contributed by atoms with Crippen LogP contribution in [0.25, 0.3) is 0 Å². The number of sulfone groups is 1. The molecule has 2 atom stereocenters. The molecule has 6 heteroatoms. The van der Waals surface area contributed by atoms with Crippen molar-refractivity contribution in [1.29, 1.82) is 0 Å². The summed E-state index contributed by atoms with van der Waals surface area (Å²) >= 11 is 0. The SMILES string of the molecule is CCCNC1CCOCC1S(=O)(=O)c1ccccc1F. The third-order valence-corrected chi connectivity index (χ3v) is 5.71. The first kappa shape index (κ1) is 15.4. The summed E-state index contributed by atoms with van der Waals surface area (Å²) < 4.78 is 44.3. The number of hydrogen-bond donors (Lipinski definition) is 1. The van der Waals surface area contributed by atoms with E-state index in [-0.39, 0.29) is 17.5 Å². The fourth-order valence-electron chi connectivity index (χ4n) is 2.42. The average molecular weight is 301 g/mol. The van der Waals surface area contributed by atoms with Gasteiger partial charge in [0.25, 0.3) is 0 Å². The molecule has 1 aliphatic heterocycles. The monoisotopic (exact) mass is 301 g/mol. The minimum Gasteiger partial charge on any atom is -0.380 e. The molecule has 0 radical (unpaired) electrons. The Kier molecular flexibility index (Phi) is 5.12. The lowest BCUT2D eigenvalue weighted by Crippen LogP contribution is -2.50. The number of rotatable bonds is 5. The Bertz CT molecular complexity index is 547. The molecule has 1 fully saturated rings. The Morgan fingerprint density at radius 1 is 1.40 bits per heavy atom. The molecular weight excluding hydrogens is 281 g/mol. The highest BCUT2D eigenvalue weighted by atomic mass is 32.2. The zero-order valence-electron chi connectivity index (χ0n) is 11.5. The largest absolute Gasteiger partial charge is 0.380 e. The predicted octanol–water partition coefficient (Wildman–Crippen LogP) is 1.76. The van der Waals surface area contributed by atoms with Gasteiger partial charge in [-0.1, -0.05) is 19.1 Å². The highest BCUT2D eigenvalue weighted by Crippen LogP contribution is 2.25. The maximum Gasteiger partial charge on any atom is 0.187 e. The van der Waals surface area contributed by atoms with E-state index in [1.54, 1.807) is 0 Å². The number of ether oxygens (including phenoxy) is 1. The van der Waals surface area contributed by atoms with E-state index in [0.29, 0.717) is 13.0 Å². The maximum atomic E-state index is 13.8. The van der Waals surface area contributed by atoms with Crippen LogP contribution in [0.5, 0.6) is 0 Å². The average Bonchev–Trinajstić information content (AvgIpc) is 2.45. The first-order chi connectivity index (χ1) is 9.57. The Hall–Kier alpha value is -0.980. The second kappa shape index (κ2) is 6.65. The van der Waals surface area contributed by atoms with Crippen molar-refractivity contribution in [3.63, 3.8) is 0 Å². The first-order valence-electron chi connectivity index (χ1n) is 6.87. The van der Waals surface area contributed by atoms with Gasteiger partial charge in [0.05, 0.1) is 6.61 Å². The van der Waals surface area contributed by atoms with Crippen LogP contribution in [0.2, 0.25) is 0 Å². The van der Waals surface area contributed by atoms with E-state index in [9.17, 15) is 12.8 Å². The summed E-state index contributed by atoms with van der Waals surface area (Å²) in [6, 6.07) is 5.32. The second-order valence-electron chi connectivity index (χ2n) is 4.94. The Morgan fingerprint density at radius 2 is 2.15 bits per heavy atom. The molecule has 1 aliphatic rings. The van der Waals surface area contributed by atoms with Gasteiger partial charge in [0.15, 0.2) is 9.84 Å². The van der Waals surface area contributed by atoms with Crippen molar-refractivity contribution >= 4 is 9.84 Å². The summed E-state index contributed by atoms with van der Waals surface area (Å²) in [7, 11) is -3.73. The van der Waals surface area contributed by atoms with Crippen molar-refractivity contribution in [1.82, 2.24) is 5.32 Å². The molecule has 1 heterocycles. The number of halogens is 1. The molecule has 0 amide bonds. The number of hydrogen-bond acceptors (Lipinski definition) is 4. The third kappa shape index (κ3) is 3.19. The van der Waals surface area contributed by atoms with Gasteiger partial charge in [-0.05, 0) is 31.5 Å². The summed E-state index contributed by atoms with van der Waals surface area (Å²) in [5, 5.41) is 2.50. The van der Waals surface area contributed by atoms with Gasteiger partial charge in [0.1, 0.15) is 16.0 Å². The van der Waals surface area contributed by atoms with Crippen LogP contribution in [0.15, 0.2) is 29.2 Å². The van der Waals surface area contributed by atoms with E-state index in [0.717, 1.165) is 13.0 Å². The van der Waals surface area contributed by atoms with Crippen LogP contribution in [0, 0.1) is 5.82 Å². The summed E-state index contributed by atoms with van der Waals surface area (Å²) in [4.78, 5) is -0.237. The molecule has 4 nitrogen and oxygen atoms in total. The van der Waals surface area contributed by atoms with Crippen molar-refractivity contribution in [2.75, 3.05) is 19.8 Å². The number of benzene rings is 1. The van der Waals surface area contributed by atoms with Gasteiger partial charge in [-0.2, -0.15) is 0 Å². The van der Waals surface area contributed by atoms with Gasteiger partial charge in [0, 0.05) is 12.6 Å². The Labute approximate surface area is 119 Å². The van der Waals surface area contributed by atoms with Gasteiger partial charge in [0.2, 0.25) is 0 Å². The highest BCUT2D eigenvalue weighted by Gasteiger charge is 2.38. The van der Waals surface area contributed by atoms with E-state index in [1.807, 2.05) is 6.92 Å². The normalized spacial score (nSPS) is 23.7. The summed E-state index contributed by atoms with van der Waals surface area (Å²) in [5.41, 5.74) is 0. The van der Waals surface area contributed by atoms with E-state index in [2.05, 4.69) is 5.32 Å². The fraction of sp³-hybridized carbons (Fsp3) is 0.571. The van der Waals surface area contributed by atoms with Crippen LogP contribution in [0.3, 0.4) is 0 Å². The molecule has 0 spiro atoms. The molecular formula is C14H20FNO3S. The molecule has 1 aromatic carbocycles. The van der Waals surface area contributed by atoms with Gasteiger partial charge < -0.3 is 10.1 Å². The topological polar surface area (TPSA) is 55.4 Å². The lowest BCUT2D eigenvalue weighted by Gasteiger charge is -2.32. The molecule has 1 N–H and O–H groups in total. The molecule has 0 aliphatic carbocycles. The van der Waals surface area contributed by atoms with Crippen LogP contribution < -0.4 is 5.32 Å². The van der Waals surface area contributed by atoms with Crippen LogP contribution in [-0.2, 0) is 14.6 Å². The second-order valence-corrected chi connectivity index (χ2v) is 7.07. The highest BCUT2D eigenvalue weighted by molar-refractivity contribution is 7.92. The molecule has 112 valence electrons. The summed E-state index contributed by atoms with van der Waals surface area (Å²) in [6.07, 6.45) is 1.54. The fourth-order valence-corrected chi connectivity index (χ4v) is 4.29. The van der Waals surface area contributed by atoms with Crippen LogP contribution in [0.1, 0.15) is 19.8 Å². The van der Waals surface area contributed by atoms with Crippen LogP contribution in [0.4, 0.5) is 4.39 Å². The molecule has 20 heavy (non-hydrogen) atoms. The van der Waals surface area contributed by atoms with Crippen LogP contribution in [-0.4, -0.2) is 39.5 Å².